The van der Waals surface area contributed by atoms with Crippen LogP contribution in [0.5, 0.6) is 5.75 Å². The van der Waals surface area contributed by atoms with Gasteiger partial charge < -0.3 is 20.1 Å². The third-order valence-electron chi connectivity index (χ3n) is 11.1. The maximum atomic E-state index is 14.7. The standard InChI is InChI=1S/C47H40ClF2N9O4/c1-3-34(35-15-10-30(49)21-37(35)48)41(28-9-16-38-29(19-28)23-52-56-38)26-7-13-33(14-8-26)63-18-4-17-62-24-40(60)54-32-11-5-27(6-12-32)44-43(46-51-25-53-59(46)2)45-42-36(47(61)58-57-45)20-31(50)22-39(42)55-44/h5-16,19-23,25,43-44,55H,3-4,17-18,24H2,1-2H3,(H,52,56)(H,54,60)(H,58,61)/b41-34+/t43-,44-/m1/s1. The van der Waals surface area contributed by atoms with E-state index in [1.807, 2.05) is 48.5 Å². The summed E-state index contributed by atoms with van der Waals surface area (Å²) in [5.74, 6) is -0.482. The summed E-state index contributed by atoms with van der Waals surface area (Å²) in [6.07, 6.45) is 4.42. The highest BCUT2D eigenvalue weighted by Gasteiger charge is 2.38. The number of amides is 1. The molecule has 16 heteroatoms. The number of aromatic nitrogens is 7. The second-order valence-corrected chi connectivity index (χ2v) is 15.5. The van der Waals surface area contributed by atoms with Gasteiger partial charge in [0.05, 0.1) is 53.0 Å². The Kier molecular flexibility index (Phi) is 11.5. The van der Waals surface area contributed by atoms with Gasteiger partial charge in [0.25, 0.3) is 5.56 Å². The second kappa shape index (κ2) is 17.6. The smallest absolute Gasteiger partial charge is 0.272 e. The van der Waals surface area contributed by atoms with Gasteiger partial charge in [-0.05, 0) is 100 Å². The number of nitrogens with zero attached hydrogens (tertiary/aromatic N) is 5. The first kappa shape index (κ1) is 41.1. The number of H-pyrrole nitrogens is 2. The van der Waals surface area contributed by atoms with Crippen LogP contribution in [0, 0.1) is 11.6 Å². The quantitative estimate of drug-likeness (QED) is 0.0617. The molecule has 0 unspecified atom stereocenters. The van der Waals surface area contributed by atoms with Crippen LogP contribution in [0.4, 0.5) is 20.2 Å². The van der Waals surface area contributed by atoms with E-state index < -0.39 is 29.2 Å². The van der Waals surface area contributed by atoms with E-state index in [2.05, 4.69) is 54.1 Å². The molecule has 0 spiro atoms. The van der Waals surface area contributed by atoms with Crippen molar-refractivity contribution in [1.82, 2.24) is 35.2 Å². The Hall–Kier alpha value is -7.23. The van der Waals surface area contributed by atoms with E-state index in [1.165, 1.54) is 30.6 Å². The zero-order valence-electron chi connectivity index (χ0n) is 34.1. The number of fused-ring (bicyclic) bond motifs is 1. The molecule has 1 amide bonds. The number of ether oxygens (including phenoxy) is 2. The van der Waals surface area contributed by atoms with E-state index >= 15 is 0 Å². The lowest BCUT2D eigenvalue weighted by atomic mass is 9.83. The molecule has 0 saturated carbocycles. The lowest BCUT2D eigenvalue weighted by Gasteiger charge is -2.33. The molecule has 0 aliphatic carbocycles. The first-order valence-electron chi connectivity index (χ1n) is 20.3. The maximum Gasteiger partial charge on any atom is 0.272 e. The monoisotopic (exact) mass is 867 g/mol. The number of halogens is 3. The number of hydrogen-bond acceptors (Lipinski definition) is 9. The fraction of sp³-hybridized carbons (Fsp3) is 0.191. The van der Waals surface area contributed by atoms with Crippen LogP contribution in [0.3, 0.4) is 0 Å². The van der Waals surface area contributed by atoms with Gasteiger partial charge in [-0.3, -0.25) is 19.4 Å². The Bertz CT molecular complexity index is 3070. The third kappa shape index (κ3) is 8.40. The van der Waals surface area contributed by atoms with Crippen molar-refractivity contribution in [2.24, 2.45) is 7.05 Å². The summed E-state index contributed by atoms with van der Waals surface area (Å²) in [6.45, 7) is 2.57. The lowest BCUT2D eigenvalue weighted by molar-refractivity contribution is -0.120. The molecule has 1 aliphatic rings. The third-order valence-corrected chi connectivity index (χ3v) is 11.4. The van der Waals surface area contributed by atoms with Crippen molar-refractivity contribution in [3.05, 3.63) is 170 Å². The molecule has 13 nitrogen and oxygen atoms in total. The summed E-state index contributed by atoms with van der Waals surface area (Å²) >= 11 is 6.59. The van der Waals surface area contributed by atoms with Crippen molar-refractivity contribution >= 4 is 61.7 Å². The highest BCUT2D eigenvalue weighted by Crippen LogP contribution is 2.46. The number of nitrogens with one attached hydrogen (secondary N) is 4. The summed E-state index contributed by atoms with van der Waals surface area (Å²) < 4.78 is 42.0. The van der Waals surface area contributed by atoms with E-state index in [-0.39, 0.29) is 17.9 Å². The van der Waals surface area contributed by atoms with Crippen LogP contribution in [0.25, 0.3) is 32.8 Å². The Labute approximate surface area is 364 Å². The van der Waals surface area contributed by atoms with Crippen molar-refractivity contribution in [2.75, 3.05) is 30.5 Å². The SMILES string of the molecule is CC/C(=C(/c1ccc(OCCCOCC(=O)Nc2ccc([C@H]3Nc4cc(F)cc5c(=O)[nH]nc(c45)[C@@H]3c3ncnn3C)cc2)cc1)c1ccc2[nH]ncc2c1)c1ccc(F)cc1Cl. The van der Waals surface area contributed by atoms with E-state index in [9.17, 15) is 18.4 Å². The van der Waals surface area contributed by atoms with Crippen molar-refractivity contribution < 1.29 is 23.0 Å². The van der Waals surface area contributed by atoms with Gasteiger partial charge in [0.2, 0.25) is 5.91 Å². The fourth-order valence-electron chi connectivity index (χ4n) is 8.22. The number of rotatable bonds is 14. The van der Waals surface area contributed by atoms with Gasteiger partial charge >= 0.3 is 0 Å². The minimum Gasteiger partial charge on any atom is -0.494 e. The van der Waals surface area contributed by atoms with Crippen molar-refractivity contribution in [1.29, 1.82) is 0 Å². The zero-order chi connectivity index (χ0) is 43.6. The molecular weight excluding hydrogens is 828 g/mol. The number of aromatic amines is 2. The molecule has 63 heavy (non-hydrogen) atoms. The van der Waals surface area contributed by atoms with Crippen LogP contribution in [-0.4, -0.2) is 60.9 Å². The number of carbonyl (C=O) groups excluding carboxylic acids is 1. The van der Waals surface area contributed by atoms with Gasteiger partial charge in [0.15, 0.2) is 0 Å². The minimum atomic E-state index is -0.553. The van der Waals surface area contributed by atoms with Crippen molar-refractivity contribution in [3.63, 3.8) is 0 Å². The highest BCUT2D eigenvalue weighted by molar-refractivity contribution is 6.32. The Morgan fingerprint density at radius 2 is 1.73 bits per heavy atom. The summed E-state index contributed by atoms with van der Waals surface area (Å²) in [4.78, 5) is 29.9. The number of hydrogen-bond donors (Lipinski definition) is 4. The molecule has 318 valence electrons. The van der Waals surface area contributed by atoms with Gasteiger partial charge in [-0.25, -0.2) is 18.9 Å². The average Bonchev–Trinajstić information content (AvgIpc) is 3.94. The zero-order valence-corrected chi connectivity index (χ0v) is 34.8. The predicted octanol–water partition coefficient (Wildman–Crippen LogP) is 8.95. The topological polar surface area (TPSA) is 165 Å². The normalized spacial score (nSPS) is 15.0. The molecule has 0 radical (unpaired) electrons. The molecule has 1 aliphatic heterocycles. The molecule has 8 aromatic rings. The Morgan fingerprint density at radius 3 is 2.49 bits per heavy atom. The maximum absolute atomic E-state index is 14.7. The minimum absolute atomic E-state index is 0.150. The Morgan fingerprint density at radius 1 is 0.921 bits per heavy atom. The molecular formula is C47H40ClF2N9O4. The molecule has 9 rings (SSSR count). The van der Waals surface area contributed by atoms with Gasteiger partial charge in [-0.1, -0.05) is 54.9 Å². The highest BCUT2D eigenvalue weighted by atomic mass is 35.5. The fourth-order valence-corrected chi connectivity index (χ4v) is 8.51. The Balaban J connectivity index is 0.804. The molecule has 0 bridgehead atoms. The van der Waals surface area contributed by atoms with Crippen molar-refractivity contribution in [3.8, 4) is 5.75 Å². The molecule has 2 atom stereocenters. The molecule has 4 N–H and O–H groups in total. The van der Waals surface area contributed by atoms with E-state index in [0.29, 0.717) is 65.1 Å². The first-order chi connectivity index (χ1) is 30.6. The van der Waals surface area contributed by atoms with Crippen molar-refractivity contribution in [2.45, 2.75) is 31.7 Å². The summed E-state index contributed by atoms with van der Waals surface area (Å²) in [5.41, 5.74) is 7.40. The summed E-state index contributed by atoms with van der Waals surface area (Å²) in [7, 11) is 1.77. The number of anilines is 2. The van der Waals surface area contributed by atoms with Crippen LogP contribution in [0.2, 0.25) is 5.02 Å². The molecule has 5 aromatic carbocycles. The van der Waals surface area contributed by atoms with Crippen LogP contribution >= 0.6 is 11.6 Å². The van der Waals surface area contributed by atoms with E-state index in [0.717, 1.165) is 44.3 Å². The summed E-state index contributed by atoms with van der Waals surface area (Å²) in [5, 5.41) is 26.6. The first-order valence-corrected chi connectivity index (χ1v) is 20.7. The average molecular weight is 868 g/mol. The van der Waals surface area contributed by atoms with Crippen LogP contribution in [0.1, 0.15) is 65.5 Å². The molecule has 0 fully saturated rings. The van der Waals surface area contributed by atoms with E-state index in [4.69, 9.17) is 21.1 Å². The largest absolute Gasteiger partial charge is 0.494 e. The molecule has 3 aromatic heterocycles. The van der Waals surface area contributed by atoms with Gasteiger partial charge in [0, 0.05) is 35.6 Å². The molecule has 4 heterocycles. The van der Waals surface area contributed by atoms with Crippen LogP contribution < -0.4 is 20.9 Å². The van der Waals surface area contributed by atoms with Crippen LogP contribution in [-0.2, 0) is 16.6 Å². The summed E-state index contributed by atoms with van der Waals surface area (Å²) in [6, 6.07) is 27.7. The predicted molar refractivity (Wildman–Crippen MR) is 238 cm³/mol. The number of allylic oxidation sites excluding steroid dienone is 1. The van der Waals surface area contributed by atoms with Crippen LogP contribution in [0.15, 0.2) is 114 Å². The number of aryl methyl sites for hydroxylation is 1. The second-order valence-electron chi connectivity index (χ2n) is 15.1. The lowest BCUT2D eigenvalue weighted by Crippen LogP contribution is -2.30. The number of benzene rings is 5. The van der Waals surface area contributed by atoms with Gasteiger partial charge in [-0.2, -0.15) is 15.3 Å². The molecule has 0 saturated heterocycles. The van der Waals surface area contributed by atoms with Gasteiger partial charge in [-0.15, -0.1) is 0 Å². The van der Waals surface area contributed by atoms with E-state index in [1.54, 1.807) is 36.1 Å². The van der Waals surface area contributed by atoms with Gasteiger partial charge in [0.1, 0.15) is 36.1 Å². The number of carbonyl (C=O) groups is 1.